The van der Waals surface area contributed by atoms with Crippen molar-refractivity contribution in [1.82, 2.24) is 25.2 Å². The smallest absolute Gasteiger partial charge is 0.193 e. The lowest BCUT2D eigenvalue weighted by Gasteiger charge is -2.37. The Morgan fingerprint density at radius 3 is 2.48 bits per heavy atom. The highest BCUT2D eigenvalue weighted by molar-refractivity contribution is 6.31. The van der Waals surface area contributed by atoms with Gasteiger partial charge in [-0.15, -0.1) is 0 Å². The number of piperidine rings is 1. The number of nitrogens with one attached hydrogen (secondary N) is 1. The summed E-state index contributed by atoms with van der Waals surface area (Å²) in [6.07, 6.45) is 4.05. The minimum atomic E-state index is 0.688. The van der Waals surface area contributed by atoms with E-state index in [4.69, 9.17) is 16.1 Å². The third-order valence-electron chi connectivity index (χ3n) is 6.37. The zero-order valence-electron chi connectivity index (χ0n) is 18.3. The molecular formula is C23H33ClN6O. The molecule has 1 aromatic heterocycles. The molecule has 31 heavy (non-hydrogen) atoms. The van der Waals surface area contributed by atoms with Gasteiger partial charge in [0, 0.05) is 63.9 Å². The fraction of sp³-hybridized carbons (Fsp3) is 0.565. The van der Waals surface area contributed by atoms with Gasteiger partial charge in [-0.1, -0.05) is 35.0 Å². The van der Waals surface area contributed by atoms with Gasteiger partial charge in [0.1, 0.15) is 6.26 Å². The molecule has 2 aliphatic heterocycles. The van der Waals surface area contributed by atoms with E-state index in [9.17, 15) is 0 Å². The van der Waals surface area contributed by atoms with Crippen molar-refractivity contribution in [3.8, 4) is 0 Å². The highest BCUT2D eigenvalue weighted by Gasteiger charge is 2.23. The van der Waals surface area contributed by atoms with Crippen LogP contribution < -0.4 is 5.32 Å². The largest absolute Gasteiger partial charge is 0.364 e. The maximum atomic E-state index is 6.33. The SMILES string of the molecule is CN=C(NCC1CCN(Cc2ccccc2Cl)CC1)N1CCN(Cc2ccon2)CC1. The molecule has 0 spiro atoms. The second-order valence-electron chi connectivity index (χ2n) is 8.49. The van der Waals surface area contributed by atoms with Gasteiger partial charge in [-0.2, -0.15) is 0 Å². The first-order chi connectivity index (χ1) is 15.2. The van der Waals surface area contributed by atoms with Crippen molar-refractivity contribution < 1.29 is 4.52 Å². The molecule has 7 nitrogen and oxygen atoms in total. The molecule has 0 amide bonds. The lowest BCUT2D eigenvalue weighted by molar-refractivity contribution is 0.164. The Bertz CT molecular complexity index is 826. The minimum absolute atomic E-state index is 0.688. The van der Waals surface area contributed by atoms with Crippen LogP contribution >= 0.6 is 11.6 Å². The Kier molecular flexibility index (Phi) is 7.83. The number of hydrogen-bond donors (Lipinski definition) is 1. The van der Waals surface area contributed by atoms with E-state index in [1.54, 1.807) is 6.26 Å². The van der Waals surface area contributed by atoms with Gasteiger partial charge in [0.2, 0.25) is 0 Å². The molecule has 1 N–H and O–H groups in total. The number of hydrogen-bond acceptors (Lipinski definition) is 5. The van der Waals surface area contributed by atoms with Gasteiger partial charge in [0.05, 0.1) is 5.69 Å². The van der Waals surface area contributed by atoms with Crippen molar-refractivity contribution in [2.75, 3.05) is 52.9 Å². The van der Waals surface area contributed by atoms with Crippen LogP contribution in [0.2, 0.25) is 5.02 Å². The first kappa shape index (κ1) is 22.1. The standard InChI is InChI=1S/C23H33ClN6O/c1-25-23(30-13-11-29(12-14-30)18-21-8-15-31-27-21)26-16-19-6-9-28(10-7-19)17-20-4-2-3-5-22(20)24/h2-5,8,15,19H,6-7,9-14,16-18H2,1H3,(H,25,26). The molecule has 168 valence electrons. The Balaban J connectivity index is 1.16. The molecular weight excluding hydrogens is 412 g/mol. The number of benzene rings is 1. The molecule has 4 rings (SSSR count). The maximum Gasteiger partial charge on any atom is 0.193 e. The second-order valence-corrected chi connectivity index (χ2v) is 8.90. The number of likely N-dealkylation sites (tertiary alicyclic amines) is 1. The van der Waals surface area contributed by atoms with E-state index in [0.717, 1.165) is 75.6 Å². The van der Waals surface area contributed by atoms with E-state index in [1.807, 2.05) is 25.2 Å². The Morgan fingerprint density at radius 2 is 1.81 bits per heavy atom. The van der Waals surface area contributed by atoms with Crippen LogP contribution in [0.5, 0.6) is 0 Å². The van der Waals surface area contributed by atoms with Crippen molar-refractivity contribution in [2.45, 2.75) is 25.9 Å². The molecule has 0 atom stereocenters. The highest BCUT2D eigenvalue weighted by Crippen LogP contribution is 2.22. The summed E-state index contributed by atoms with van der Waals surface area (Å²) in [7, 11) is 1.89. The molecule has 0 saturated carbocycles. The molecule has 0 radical (unpaired) electrons. The Morgan fingerprint density at radius 1 is 1.06 bits per heavy atom. The fourth-order valence-electron chi connectivity index (χ4n) is 4.45. The summed E-state index contributed by atoms with van der Waals surface area (Å²) in [5.41, 5.74) is 2.22. The lowest BCUT2D eigenvalue weighted by Crippen LogP contribution is -2.53. The van der Waals surface area contributed by atoms with E-state index in [0.29, 0.717) is 5.92 Å². The molecule has 1 aromatic carbocycles. The predicted octanol–water partition coefficient (Wildman–Crippen LogP) is 2.93. The van der Waals surface area contributed by atoms with Crippen LogP contribution in [0.25, 0.3) is 0 Å². The third-order valence-corrected chi connectivity index (χ3v) is 6.74. The molecule has 3 heterocycles. The van der Waals surface area contributed by atoms with Crippen LogP contribution in [0.15, 0.2) is 46.1 Å². The van der Waals surface area contributed by atoms with Gasteiger partial charge in [-0.05, 0) is 43.5 Å². The van der Waals surface area contributed by atoms with Crippen LogP contribution in [0.4, 0.5) is 0 Å². The highest BCUT2D eigenvalue weighted by atomic mass is 35.5. The summed E-state index contributed by atoms with van der Waals surface area (Å²) in [5, 5.41) is 8.52. The zero-order chi connectivity index (χ0) is 21.5. The molecule has 0 aliphatic carbocycles. The van der Waals surface area contributed by atoms with Crippen molar-refractivity contribution in [3.05, 3.63) is 52.9 Å². The maximum absolute atomic E-state index is 6.33. The lowest BCUT2D eigenvalue weighted by atomic mass is 9.96. The molecule has 2 aliphatic rings. The van der Waals surface area contributed by atoms with Crippen LogP contribution in [-0.2, 0) is 13.1 Å². The number of rotatable bonds is 6. The number of aliphatic imine (C=N–C) groups is 1. The Hall–Kier alpha value is -2.09. The van der Waals surface area contributed by atoms with Gasteiger partial charge < -0.3 is 14.7 Å². The van der Waals surface area contributed by atoms with Gasteiger partial charge >= 0.3 is 0 Å². The quantitative estimate of drug-likeness (QED) is 0.546. The van der Waals surface area contributed by atoms with E-state index in [1.165, 1.54) is 18.4 Å². The van der Waals surface area contributed by atoms with Crippen molar-refractivity contribution in [2.24, 2.45) is 10.9 Å². The number of halogens is 1. The summed E-state index contributed by atoms with van der Waals surface area (Å²) in [5.74, 6) is 1.72. The third kappa shape index (κ3) is 6.21. The number of guanidine groups is 1. The molecule has 2 saturated heterocycles. The summed E-state index contributed by atoms with van der Waals surface area (Å²) >= 11 is 6.33. The number of aromatic nitrogens is 1. The van der Waals surface area contributed by atoms with Gasteiger partial charge in [-0.25, -0.2) is 0 Å². The molecule has 2 fully saturated rings. The fourth-order valence-corrected chi connectivity index (χ4v) is 4.65. The molecule has 8 heteroatoms. The van der Waals surface area contributed by atoms with Gasteiger partial charge in [-0.3, -0.25) is 14.8 Å². The van der Waals surface area contributed by atoms with E-state index < -0.39 is 0 Å². The topological polar surface area (TPSA) is 60.1 Å². The predicted molar refractivity (Wildman–Crippen MR) is 124 cm³/mol. The summed E-state index contributed by atoms with van der Waals surface area (Å²) < 4.78 is 4.94. The first-order valence-corrected chi connectivity index (χ1v) is 11.6. The molecule has 2 aromatic rings. The molecule has 0 unspecified atom stereocenters. The number of piperazine rings is 1. The minimum Gasteiger partial charge on any atom is -0.364 e. The summed E-state index contributed by atoms with van der Waals surface area (Å²) in [6.45, 7) is 9.01. The normalized spacial score (nSPS) is 19.7. The van der Waals surface area contributed by atoms with E-state index in [-0.39, 0.29) is 0 Å². The van der Waals surface area contributed by atoms with Gasteiger partial charge in [0.15, 0.2) is 5.96 Å². The van der Waals surface area contributed by atoms with Crippen LogP contribution in [0, 0.1) is 5.92 Å². The summed E-state index contributed by atoms with van der Waals surface area (Å²) in [6, 6.07) is 10.1. The zero-order valence-corrected chi connectivity index (χ0v) is 19.1. The van der Waals surface area contributed by atoms with Gasteiger partial charge in [0.25, 0.3) is 0 Å². The average Bonchev–Trinajstić information content (AvgIpc) is 3.31. The average molecular weight is 445 g/mol. The van der Waals surface area contributed by atoms with Crippen LogP contribution in [0.1, 0.15) is 24.1 Å². The van der Waals surface area contributed by atoms with E-state index in [2.05, 4.69) is 42.3 Å². The van der Waals surface area contributed by atoms with Crippen molar-refractivity contribution in [1.29, 1.82) is 0 Å². The monoisotopic (exact) mass is 444 g/mol. The van der Waals surface area contributed by atoms with Crippen molar-refractivity contribution in [3.63, 3.8) is 0 Å². The summed E-state index contributed by atoms with van der Waals surface area (Å²) in [4.78, 5) is 11.8. The van der Waals surface area contributed by atoms with Crippen LogP contribution in [-0.4, -0.2) is 78.7 Å². The first-order valence-electron chi connectivity index (χ1n) is 11.2. The molecule has 0 bridgehead atoms. The van der Waals surface area contributed by atoms with Crippen LogP contribution in [0.3, 0.4) is 0 Å². The second kappa shape index (κ2) is 11.0. The van der Waals surface area contributed by atoms with Crippen molar-refractivity contribution >= 4 is 17.6 Å². The Labute approximate surface area is 190 Å². The van der Waals surface area contributed by atoms with E-state index >= 15 is 0 Å². The number of nitrogens with zero attached hydrogens (tertiary/aromatic N) is 5.